The van der Waals surface area contributed by atoms with E-state index in [9.17, 15) is 9.18 Å². The molecule has 0 fully saturated rings. The molecule has 27 heavy (non-hydrogen) atoms. The number of amides is 1. The molecule has 3 aromatic rings. The van der Waals surface area contributed by atoms with Crippen molar-refractivity contribution >= 4 is 45.1 Å². The Morgan fingerprint density at radius 3 is 2.89 bits per heavy atom. The maximum Gasteiger partial charge on any atom is 0.272 e. The van der Waals surface area contributed by atoms with Crippen molar-refractivity contribution in [1.29, 1.82) is 0 Å². The minimum absolute atomic E-state index is 0.347. The second-order valence-corrected chi connectivity index (χ2v) is 7.04. The molecule has 3 rings (SSSR count). The number of hydrogen-bond acceptors (Lipinski definition) is 3. The van der Waals surface area contributed by atoms with Gasteiger partial charge >= 0.3 is 0 Å². The standard InChI is InChI=1S/C20H18ClFN2O2S/c1-2-26-13-12-24-19-16(22)8-5-9-17(19)27-20(24)23-18(25)11-10-14-6-3-4-7-15(14)21/h3-11H,2,12-13H2,1H3/b11-10+,23-20?. The number of carbonyl (C=O) groups excluding carboxylic acids is 1. The van der Waals surface area contributed by atoms with Gasteiger partial charge in [-0.15, -0.1) is 0 Å². The van der Waals surface area contributed by atoms with Gasteiger partial charge in [0, 0.05) is 24.3 Å². The molecule has 0 bridgehead atoms. The van der Waals surface area contributed by atoms with Crippen LogP contribution in [0.4, 0.5) is 4.39 Å². The smallest absolute Gasteiger partial charge is 0.272 e. The molecule has 0 unspecified atom stereocenters. The Balaban J connectivity index is 1.96. The average molecular weight is 405 g/mol. The summed E-state index contributed by atoms with van der Waals surface area (Å²) in [4.78, 5) is 16.9. The van der Waals surface area contributed by atoms with Crippen LogP contribution in [0.2, 0.25) is 5.02 Å². The lowest BCUT2D eigenvalue weighted by Gasteiger charge is -2.05. The van der Waals surface area contributed by atoms with Crippen LogP contribution in [-0.2, 0) is 16.1 Å². The highest BCUT2D eigenvalue weighted by molar-refractivity contribution is 7.16. The van der Waals surface area contributed by atoms with Crippen LogP contribution in [0.15, 0.2) is 53.5 Å². The monoisotopic (exact) mass is 404 g/mol. The number of halogens is 2. The molecule has 0 aliphatic carbocycles. The van der Waals surface area contributed by atoms with Gasteiger partial charge in [0.15, 0.2) is 4.80 Å². The first-order valence-corrected chi connectivity index (χ1v) is 9.66. The molecular formula is C20H18ClFN2O2S. The normalized spacial score (nSPS) is 12.3. The van der Waals surface area contributed by atoms with Crippen molar-refractivity contribution < 1.29 is 13.9 Å². The number of fused-ring (bicyclic) bond motifs is 1. The quantitative estimate of drug-likeness (QED) is 0.442. The van der Waals surface area contributed by atoms with Gasteiger partial charge in [0.2, 0.25) is 0 Å². The number of aromatic nitrogens is 1. The van der Waals surface area contributed by atoms with Gasteiger partial charge < -0.3 is 9.30 Å². The van der Waals surface area contributed by atoms with Gasteiger partial charge in [-0.05, 0) is 36.8 Å². The van der Waals surface area contributed by atoms with Gasteiger partial charge in [-0.2, -0.15) is 4.99 Å². The summed E-state index contributed by atoms with van der Waals surface area (Å²) in [6, 6.07) is 12.1. The number of rotatable bonds is 6. The molecule has 7 heteroatoms. The zero-order valence-corrected chi connectivity index (χ0v) is 16.3. The van der Waals surface area contributed by atoms with Crippen LogP contribution in [0.1, 0.15) is 12.5 Å². The molecule has 0 saturated heterocycles. The lowest BCUT2D eigenvalue weighted by molar-refractivity contribution is -0.113. The number of carbonyl (C=O) groups is 1. The van der Waals surface area contributed by atoms with Crippen molar-refractivity contribution in [3.05, 3.63) is 69.7 Å². The van der Waals surface area contributed by atoms with Crippen LogP contribution >= 0.6 is 22.9 Å². The zero-order chi connectivity index (χ0) is 19.2. The van der Waals surface area contributed by atoms with E-state index >= 15 is 0 Å². The second kappa shape index (κ2) is 9.08. The van der Waals surface area contributed by atoms with Crippen molar-refractivity contribution in [2.75, 3.05) is 13.2 Å². The fourth-order valence-corrected chi connectivity index (χ4v) is 3.86. The Morgan fingerprint density at radius 1 is 1.30 bits per heavy atom. The molecule has 140 valence electrons. The molecule has 4 nitrogen and oxygen atoms in total. The van der Waals surface area contributed by atoms with Crippen molar-refractivity contribution in [2.24, 2.45) is 4.99 Å². The zero-order valence-electron chi connectivity index (χ0n) is 14.7. The SMILES string of the molecule is CCOCCn1c(=NC(=O)/C=C/c2ccccc2Cl)sc2cccc(F)c21. The number of nitrogens with zero attached hydrogens (tertiary/aromatic N) is 2. The Bertz CT molecular complexity index is 1060. The molecule has 1 amide bonds. The molecule has 0 spiro atoms. The summed E-state index contributed by atoms with van der Waals surface area (Å²) in [5.41, 5.74) is 1.16. The van der Waals surface area contributed by atoms with E-state index in [1.807, 2.05) is 31.2 Å². The van der Waals surface area contributed by atoms with Crippen LogP contribution < -0.4 is 4.80 Å². The first-order chi connectivity index (χ1) is 13.1. The Hall–Kier alpha value is -2.28. The van der Waals surface area contributed by atoms with Gasteiger partial charge in [0.25, 0.3) is 5.91 Å². The summed E-state index contributed by atoms with van der Waals surface area (Å²) in [6.45, 7) is 3.28. The summed E-state index contributed by atoms with van der Waals surface area (Å²) in [5, 5.41) is 0.553. The summed E-state index contributed by atoms with van der Waals surface area (Å²) < 4.78 is 22.1. The summed E-state index contributed by atoms with van der Waals surface area (Å²) in [5.74, 6) is -0.784. The predicted octanol–water partition coefficient (Wildman–Crippen LogP) is 4.67. The van der Waals surface area contributed by atoms with Gasteiger partial charge in [-0.25, -0.2) is 4.39 Å². The molecular weight excluding hydrogens is 387 g/mol. The van der Waals surface area contributed by atoms with Crippen molar-refractivity contribution in [1.82, 2.24) is 4.57 Å². The Morgan fingerprint density at radius 2 is 2.11 bits per heavy atom. The number of thiazole rings is 1. The minimum atomic E-state index is -0.438. The van der Waals surface area contributed by atoms with E-state index in [0.717, 1.165) is 10.3 Å². The average Bonchev–Trinajstić information content (AvgIpc) is 3.00. The van der Waals surface area contributed by atoms with Crippen LogP contribution in [0.25, 0.3) is 16.3 Å². The van der Waals surface area contributed by atoms with E-state index in [1.165, 1.54) is 23.5 Å². The third-order valence-corrected chi connectivity index (χ3v) is 5.22. The van der Waals surface area contributed by atoms with Crippen molar-refractivity contribution in [2.45, 2.75) is 13.5 Å². The lowest BCUT2D eigenvalue weighted by Crippen LogP contribution is -2.19. The number of ether oxygens (including phenoxy) is 1. The minimum Gasteiger partial charge on any atom is -0.380 e. The van der Waals surface area contributed by atoms with Gasteiger partial charge in [-0.1, -0.05) is 47.2 Å². The Labute approximate surface area is 165 Å². The molecule has 0 atom stereocenters. The molecule has 1 aromatic heterocycles. The van der Waals surface area contributed by atoms with Gasteiger partial charge in [0.1, 0.15) is 5.82 Å². The van der Waals surface area contributed by atoms with E-state index < -0.39 is 5.91 Å². The van der Waals surface area contributed by atoms with E-state index in [2.05, 4.69) is 4.99 Å². The van der Waals surface area contributed by atoms with E-state index in [1.54, 1.807) is 22.8 Å². The molecule has 2 aromatic carbocycles. The summed E-state index contributed by atoms with van der Waals surface area (Å²) >= 11 is 7.35. The van der Waals surface area contributed by atoms with Gasteiger partial charge in [0.05, 0.1) is 16.8 Å². The molecule has 0 saturated carbocycles. The van der Waals surface area contributed by atoms with Crippen molar-refractivity contribution in [3.63, 3.8) is 0 Å². The second-order valence-electron chi connectivity index (χ2n) is 5.62. The molecule has 0 radical (unpaired) electrons. The van der Waals surface area contributed by atoms with Crippen LogP contribution in [0.5, 0.6) is 0 Å². The lowest BCUT2D eigenvalue weighted by atomic mass is 10.2. The molecule has 0 N–H and O–H groups in total. The number of benzene rings is 2. The maximum atomic E-state index is 14.3. The molecule has 0 aliphatic rings. The fraction of sp³-hybridized carbons (Fsp3) is 0.200. The third-order valence-electron chi connectivity index (χ3n) is 3.83. The first-order valence-electron chi connectivity index (χ1n) is 8.47. The molecule has 0 aliphatic heterocycles. The van der Waals surface area contributed by atoms with E-state index in [0.29, 0.717) is 35.1 Å². The maximum absolute atomic E-state index is 14.3. The first kappa shape index (κ1) is 19.5. The Kier molecular flexibility index (Phi) is 6.55. The van der Waals surface area contributed by atoms with Crippen LogP contribution in [0.3, 0.4) is 0 Å². The summed E-state index contributed by atoms with van der Waals surface area (Å²) in [7, 11) is 0. The van der Waals surface area contributed by atoms with E-state index in [4.69, 9.17) is 16.3 Å². The van der Waals surface area contributed by atoms with Crippen LogP contribution in [-0.4, -0.2) is 23.7 Å². The highest BCUT2D eigenvalue weighted by Crippen LogP contribution is 2.20. The highest BCUT2D eigenvalue weighted by Gasteiger charge is 2.11. The topological polar surface area (TPSA) is 43.6 Å². The predicted molar refractivity (Wildman–Crippen MR) is 107 cm³/mol. The van der Waals surface area contributed by atoms with Gasteiger partial charge in [-0.3, -0.25) is 4.79 Å². The highest BCUT2D eigenvalue weighted by atomic mass is 35.5. The third kappa shape index (κ3) is 4.71. The van der Waals surface area contributed by atoms with E-state index in [-0.39, 0.29) is 5.82 Å². The summed E-state index contributed by atoms with van der Waals surface area (Å²) in [6.07, 6.45) is 2.97. The van der Waals surface area contributed by atoms with Crippen molar-refractivity contribution in [3.8, 4) is 0 Å². The number of hydrogen-bond donors (Lipinski definition) is 0. The number of para-hydroxylation sites is 1. The fourth-order valence-electron chi connectivity index (χ4n) is 2.58. The molecule has 1 heterocycles. The van der Waals surface area contributed by atoms with Crippen LogP contribution in [0, 0.1) is 5.82 Å². The largest absolute Gasteiger partial charge is 0.380 e.